The zero-order valence-electron chi connectivity index (χ0n) is 16.1. The van der Waals surface area contributed by atoms with Crippen molar-refractivity contribution in [3.63, 3.8) is 0 Å². The molecule has 0 radical (unpaired) electrons. The third-order valence-electron chi connectivity index (χ3n) is 4.68. The Morgan fingerprint density at radius 2 is 1.69 bits per heavy atom. The maximum atomic E-state index is 11.4. The highest BCUT2D eigenvalue weighted by molar-refractivity contribution is 5.65. The van der Waals surface area contributed by atoms with Crippen molar-refractivity contribution >= 4 is 11.5 Å². The molecule has 8 heteroatoms. The lowest BCUT2D eigenvalue weighted by atomic mass is 10.1. The van der Waals surface area contributed by atoms with E-state index in [0.29, 0.717) is 18.1 Å². The summed E-state index contributed by atoms with van der Waals surface area (Å²) in [6.07, 6.45) is 1.94. The maximum absolute atomic E-state index is 11.4. The van der Waals surface area contributed by atoms with Crippen LogP contribution in [0.5, 0.6) is 0 Å². The zero-order valence-corrected chi connectivity index (χ0v) is 16.1. The van der Waals surface area contributed by atoms with Crippen molar-refractivity contribution in [3.05, 3.63) is 88.2 Å². The predicted octanol–water partition coefficient (Wildman–Crippen LogP) is 4.10. The van der Waals surface area contributed by atoms with Crippen LogP contribution in [-0.2, 0) is 13.6 Å². The first kappa shape index (κ1) is 18.4. The van der Waals surface area contributed by atoms with Gasteiger partial charge in [0, 0.05) is 30.9 Å². The Labute approximate surface area is 167 Å². The molecule has 0 unspecified atom stereocenters. The molecule has 4 rings (SSSR count). The van der Waals surface area contributed by atoms with Crippen LogP contribution in [-0.4, -0.2) is 24.5 Å². The van der Waals surface area contributed by atoms with E-state index in [4.69, 9.17) is 5.10 Å². The maximum Gasteiger partial charge on any atom is 0.333 e. The first-order valence-corrected chi connectivity index (χ1v) is 9.16. The Kier molecular flexibility index (Phi) is 4.82. The molecule has 0 fully saturated rings. The van der Waals surface area contributed by atoms with Crippen LogP contribution in [0.2, 0.25) is 0 Å². The van der Waals surface area contributed by atoms with Crippen molar-refractivity contribution in [3.8, 4) is 16.9 Å². The molecule has 0 aliphatic rings. The second-order valence-corrected chi connectivity index (χ2v) is 6.67. The number of para-hydroxylation sites is 1. The summed E-state index contributed by atoms with van der Waals surface area (Å²) >= 11 is 0. The van der Waals surface area contributed by atoms with Crippen LogP contribution < -0.4 is 5.32 Å². The number of nitro groups is 1. The number of rotatable bonds is 6. The standard InChI is InChI=1S/C21H20N6O2/c1-15-20(27(28)29)21(25(2)23-15)22-13-17-14-26(18-11-7-4-8-12-18)24-19(17)16-9-5-3-6-10-16/h3-12,14,22H,13H2,1-2H3. The lowest BCUT2D eigenvalue weighted by Crippen LogP contribution is -2.06. The zero-order chi connectivity index (χ0) is 20.4. The van der Waals surface area contributed by atoms with Crippen molar-refractivity contribution in [1.82, 2.24) is 19.6 Å². The van der Waals surface area contributed by atoms with Crippen LogP contribution in [0.25, 0.3) is 16.9 Å². The van der Waals surface area contributed by atoms with Crippen LogP contribution in [0.1, 0.15) is 11.3 Å². The SMILES string of the molecule is Cc1nn(C)c(NCc2cn(-c3ccccc3)nc2-c2ccccc2)c1[N+](=O)[O-]. The Morgan fingerprint density at radius 3 is 2.34 bits per heavy atom. The molecule has 0 spiro atoms. The summed E-state index contributed by atoms with van der Waals surface area (Å²) < 4.78 is 3.32. The Bertz CT molecular complexity index is 1150. The van der Waals surface area contributed by atoms with E-state index < -0.39 is 4.92 Å². The number of nitrogens with zero attached hydrogens (tertiary/aromatic N) is 5. The van der Waals surface area contributed by atoms with Gasteiger partial charge in [0.15, 0.2) is 0 Å². The van der Waals surface area contributed by atoms with E-state index in [1.807, 2.05) is 71.5 Å². The number of aryl methyl sites for hydroxylation is 2. The number of hydrogen-bond acceptors (Lipinski definition) is 5. The van der Waals surface area contributed by atoms with Crippen LogP contribution in [0.4, 0.5) is 11.5 Å². The summed E-state index contributed by atoms with van der Waals surface area (Å²) in [7, 11) is 1.69. The first-order valence-electron chi connectivity index (χ1n) is 9.16. The molecular weight excluding hydrogens is 368 g/mol. The number of benzene rings is 2. The molecule has 2 aromatic heterocycles. The van der Waals surface area contributed by atoms with Crippen molar-refractivity contribution < 1.29 is 4.92 Å². The molecule has 29 heavy (non-hydrogen) atoms. The van der Waals surface area contributed by atoms with Gasteiger partial charge >= 0.3 is 5.69 Å². The Balaban J connectivity index is 1.72. The van der Waals surface area contributed by atoms with Gasteiger partial charge in [-0.3, -0.25) is 10.1 Å². The molecule has 2 heterocycles. The lowest BCUT2D eigenvalue weighted by Gasteiger charge is -2.06. The molecule has 0 aliphatic heterocycles. The summed E-state index contributed by atoms with van der Waals surface area (Å²) in [5.41, 5.74) is 4.04. The number of hydrogen-bond donors (Lipinski definition) is 1. The third kappa shape index (κ3) is 3.60. The minimum Gasteiger partial charge on any atom is -0.360 e. The minimum atomic E-state index is -0.407. The molecule has 0 saturated carbocycles. The molecule has 0 aliphatic carbocycles. The molecule has 146 valence electrons. The van der Waals surface area contributed by atoms with Crippen molar-refractivity contribution in [2.45, 2.75) is 13.5 Å². The topological polar surface area (TPSA) is 90.8 Å². The average molecular weight is 388 g/mol. The van der Waals surface area contributed by atoms with Crippen LogP contribution in [0.15, 0.2) is 66.9 Å². The number of aromatic nitrogens is 4. The lowest BCUT2D eigenvalue weighted by molar-refractivity contribution is -0.384. The van der Waals surface area contributed by atoms with Gasteiger partial charge in [-0.15, -0.1) is 0 Å². The van der Waals surface area contributed by atoms with Gasteiger partial charge in [-0.05, 0) is 19.1 Å². The molecule has 2 aromatic carbocycles. The van der Waals surface area contributed by atoms with E-state index in [9.17, 15) is 10.1 Å². The molecule has 8 nitrogen and oxygen atoms in total. The predicted molar refractivity (Wildman–Crippen MR) is 111 cm³/mol. The van der Waals surface area contributed by atoms with Gasteiger partial charge in [-0.25, -0.2) is 9.36 Å². The molecule has 0 saturated heterocycles. The second kappa shape index (κ2) is 7.59. The van der Waals surface area contributed by atoms with Crippen LogP contribution in [0.3, 0.4) is 0 Å². The fourth-order valence-corrected chi connectivity index (χ4v) is 3.33. The van der Waals surface area contributed by atoms with Gasteiger partial charge in [-0.1, -0.05) is 48.5 Å². The monoisotopic (exact) mass is 388 g/mol. The Morgan fingerprint density at radius 1 is 1.03 bits per heavy atom. The summed E-state index contributed by atoms with van der Waals surface area (Å²) in [5, 5.41) is 23.6. The molecule has 4 aromatic rings. The van der Waals surface area contributed by atoms with E-state index in [2.05, 4.69) is 10.4 Å². The molecule has 0 amide bonds. The average Bonchev–Trinajstić information content (AvgIpc) is 3.28. The number of anilines is 1. The Hall–Kier alpha value is -3.94. The van der Waals surface area contributed by atoms with Gasteiger partial charge < -0.3 is 5.32 Å². The minimum absolute atomic E-state index is 0.00999. The van der Waals surface area contributed by atoms with E-state index in [0.717, 1.165) is 22.5 Å². The fourth-order valence-electron chi connectivity index (χ4n) is 3.33. The van der Waals surface area contributed by atoms with Gasteiger partial charge in [0.1, 0.15) is 5.69 Å². The summed E-state index contributed by atoms with van der Waals surface area (Å²) in [6.45, 7) is 2.00. The van der Waals surface area contributed by atoms with Gasteiger partial charge in [0.25, 0.3) is 0 Å². The van der Waals surface area contributed by atoms with E-state index in [1.165, 1.54) is 4.68 Å². The highest BCUT2D eigenvalue weighted by atomic mass is 16.6. The molecule has 0 atom stereocenters. The second-order valence-electron chi connectivity index (χ2n) is 6.67. The summed E-state index contributed by atoms with van der Waals surface area (Å²) in [4.78, 5) is 11.0. The largest absolute Gasteiger partial charge is 0.360 e. The summed E-state index contributed by atoms with van der Waals surface area (Å²) in [5.74, 6) is 0.374. The quantitative estimate of drug-likeness (QED) is 0.397. The fraction of sp³-hybridized carbons (Fsp3) is 0.143. The van der Waals surface area contributed by atoms with E-state index in [-0.39, 0.29) is 5.69 Å². The first-order chi connectivity index (χ1) is 14.0. The van der Waals surface area contributed by atoms with E-state index in [1.54, 1.807) is 14.0 Å². The molecular formula is C21H20N6O2. The van der Waals surface area contributed by atoms with Crippen LogP contribution >= 0.6 is 0 Å². The van der Waals surface area contributed by atoms with Crippen LogP contribution in [0, 0.1) is 17.0 Å². The normalized spacial score (nSPS) is 10.8. The summed E-state index contributed by atoms with van der Waals surface area (Å²) in [6, 6.07) is 19.7. The highest BCUT2D eigenvalue weighted by Gasteiger charge is 2.24. The van der Waals surface area contributed by atoms with Gasteiger partial charge in [0.2, 0.25) is 5.82 Å². The molecule has 1 N–H and O–H groups in total. The smallest absolute Gasteiger partial charge is 0.333 e. The van der Waals surface area contributed by atoms with Gasteiger partial charge in [0.05, 0.1) is 16.3 Å². The third-order valence-corrected chi connectivity index (χ3v) is 4.68. The highest BCUT2D eigenvalue weighted by Crippen LogP contribution is 2.29. The van der Waals surface area contributed by atoms with Crippen molar-refractivity contribution in [1.29, 1.82) is 0 Å². The van der Waals surface area contributed by atoms with Crippen molar-refractivity contribution in [2.24, 2.45) is 7.05 Å². The molecule has 0 bridgehead atoms. The van der Waals surface area contributed by atoms with Crippen molar-refractivity contribution in [2.75, 3.05) is 5.32 Å². The number of nitrogens with one attached hydrogen (secondary N) is 1. The van der Waals surface area contributed by atoms with E-state index >= 15 is 0 Å². The van der Waals surface area contributed by atoms with Gasteiger partial charge in [-0.2, -0.15) is 10.2 Å².